The SMILES string of the molecule is CCCNC1C(S(=O)c2ccc(F)cc2)CCC1(C)C. The van der Waals surface area contributed by atoms with E-state index in [1.165, 1.54) is 12.1 Å². The molecular formula is C16H24FNOS. The second-order valence-corrected chi connectivity index (χ2v) is 7.92. The number of hydrogen-bond acceptors (Lipinski definition) is 2. The maximum Gasteiger partial charge on any atom is 0.123 e. The fourth-order valence-electron chi connectivity index (χ4n) is 3.02. The molecule has 1 N–H and O–H groups in total. The Balaban J connectivity index is 2.17. The first-order valence-electron chi connectivity index (χ1n) is 7.35. The summed E-state index contributed by atoms with van der Waals surface area (Å²) >= 11 is 0. The monoisotopic (exact) mass is 297 g/mol. The summed E-state index contributed by atoms with van der Waals surface area (Å²) in [6, 6.07) is 6.33. The van der Waals surface area contributed by atoms with Gasteiger partial charge in [0.2, 0.25) is 0 Å². The average molecular weight is 297 g/mol. The molecule has 1 aromatic carbocycles. The van der Waals surface area contributed by atoms with Gasteiger partial charge in [-0.25, -0.2) is 4.39 Å². The van der Waals surface area contributed by atoms with Crippen molar-refractivity contribution in [2.45, 2.75) is 56.2 Å². The molecule has 2 nitrogen and oxygen atoms in total. The van der Waals surface area contributed by atoms with E-state index in [4.69, 9.17) is 0 Å². The van der Waals surface area contributed by atoms with E-state index in [-0.39, 0.29) is 22.5 Å². The van der Waals surface area contributed by atoms with E-state index in [1.807, 2.05) is 0 Å². The zero-order valence-corrected chi connectivity index (χ0v) is 13.3. The molecule has 1 aliphatic rings. The van der Waals surface area contributed by atoms with Crippen LogP contribution in [0.3, 0.4) is 0 Å². The summed E-state index contributed by atoms with van der Waals surface area (Å²) < 4.78 is 25.8. The Morgan fingerprint density at radius 2 is 2.00 bits per heavy atom. The van der Waals surface area contributed by atoms with Crippen LogP contribution >= 0.6 is 0 Å². The summed E-state index contributed by atoms with van der Waals surface area (Å²) in [6.45, 7) is 7.57. The van der Waals surface area contributed by atoms with Gasteiger partial charge in [0.25, 0.3) is 0 Å². The molecule has 0 aromatic heterocycles. The molecule has 1 aliphatic carbocycles. The molecule has 1 fully saturated rings. The lowest BCUT2D eigenvalue weighted by atomic mass is 9.87. The van der Waals surface area contributed by atoms with E-state index in [0.29, 0.717) is 0 Å². The van der Waals surface area contributed by atoms with Crippen molar-refractivity contribution in [1.29, 1.82) is 0 Å². The van der Waals surface area contributed by atoms with E-state index in [2.05, 4.69) is 26.1 Å². The molecule has 0 amide bonds. The van der Waals surface area contributed by atoms with Crippen molar-refractivity contribution in [3.63, 3.8) is 0 Å². The van der Waals surface area contributed by atoms with Crippen LogP contribution in [0.4, 0.5) is 4.39 Å². The zero-order chi connectivity index (χ0) is 14.8. The molecule has 0 aliphatic heterocycles. The molecule has 1 aromatic rings. The predicted octanol–water partition coefficient (Wildman–Crippen LogP) is 3.49. The quantitative estimate of drug-likeness (QED) is 0.901. The molecule has 0 spiro atoms. The van der Waals surface area contributed by atoms with Crippen LogP contribution < -0.4 is 5.32 Å². The van der Waals surface area contributed by atoms with Gasteiger partial charge in [-0.15, -0.1) is 0 Å². The summed E-state index contributed by atoms with van der Waals surface area (Å²) in [7, 11) is -1.08. The van der Waals surface area contributed by atoms with Crippen molar-refractivity contribution < 1.29 is 8.60 Å². The average Bonchev–Trinajstić information content (AvgIpc) is 2.71. The highest BCUT2D eigenvalue weighted by molar-refractivity contribution is 7.85. The lowest BCUT2D eigenvalue weighted by Gasteiger charge is -2.31. The summed E-state index contributed by atoms with van der Waals surface area (Å²) in [6.07, 6.45) is 3.10. The van der Waals surface area contributed by atoms with E-state index in [9.17, 15) is 8.60 Å². The maximum atomic E-state index is 13.0. The fourth-order valence-corrected chi connectivity index (χ4v) is 4.82. The van der Waals surface area contributed by atoms with Gasteiger partial charge in [0.1, 0.15) is 5.82 Å². The number of halogens is 1. The van der Waals surface area contributed by atoms with Gasteiger partial charge in [-0.2, -0.15) is 0 Å². The van der Waals surface area contributed by atoms with Crippen LogP contribution in [0.15, 0.2) is 29.2 Å². The Kier molecular flexibility index (Phi) is 4.97. The van der Waals surface area contributed by atoms with Gasteiger partial charge < -0.3 is 5.32 Å². The van der Waals surface area contributed by atoms with Gasteiger partial charge in [-0.05, 0) is 55.5 Å². The Hall–Kier alpha value is -0.740. The van der Waals surface area contributed by atoms with Crippen LogP contribution in [0.2, 0.25) is 0 Å². The first kappa shape index (κ1) is 15.6. The summed E-state index contributed by atoms with van der Waals surface area (Å²) in [5.74, 6) is -0.279. The molecule has 0 radical (unpaired) electrons. The van der Waals surface area contributed by atoms with Gasteiger partial charge in [0, 0.05) is 10.9 Å². The third-order valence-electron chi connectivity index (χ3n) is 4.22. The lowest BCUT2D eigenvalue weighted by molar-refractivity contribution is 0.286. The Morgan fingerprint density at radius 3 is 2.60 bits per heavy atom. The lowest BCUT2D eigenvalue weighted by Crippen LogP contribution is -2.46. The maximum absolute atomic E-state index is 13.0. The van der Waals surface area contributed by atoms with Crippen LogP contribution in [0, 0.1) is 11.2 Å². The highest BCUT2D eigenvalue weighted by atomic mass is 32.2. The molecule has 0 bridgehead atoms. The van der Waals surface area contributed by atoms with Crippen molar-refractivity contribution >= 4 is 10.8 Å². The number of benzene rings is 1. The molecule has 20 heavy (non-hydrogen) atoms. The minimum absolute atomic E-state index is 0.113. The smallest absolute Gasteiger partial charge is 0.123 e. The number of nitrogens with one attached hydrogen (secondary N) is 1. The summed E-state index contributed by atoms with van der Waals surface area (Å²) in [4.78, 5) is 0.734. The van der Waals surface area contributed by atoms with E-state index in [1.54, 1.807) is 12.1 Å². The van der Waals surface area contributed by atoms with Gasteiger partial charge in [-0.1, -0.05) is 20.8 Å². The van der Waals surface area contributed by atoms with E-state index in [0.717, 1.165) is 30.7 Å². The van der Waals surface area contributed by atoms with Crippen LogP contribution in [0.5, 0.6) is 0 Å². The molecule has 1 saturated carbocycles. The highest BCUT2D eigenvalue weighted by Gasteiger charge is 2.44. The van der Waals surface area contributed by atoms with Crippen LogP contribution in [0.25, 0.3) is 0 Å². The fraction of sp³-hybridized carbons (Fsp3) is 0.625. The molecule has 3 atom stereocenters. The topological polar surface area (TPSA) is 29.1 Å². The van der Waals surface area contributed by atoms with Crippen LogP contribution in [-0.2, 0) is 10.8 Å². The standard InChI is InChI=1S/C16H24FNOS/c1-4-11-18-15-14(9-10-16(15,2)3)20(19)13-7-5-12(17)6-8-13/h5-8,14-15,18H,4,9-11H2,1-3H3. The van der Waals surface area contributed by atoms with Crippen molar-refractivity contribution in [2.75, 3.05) is 6.54 Å². The molecule has 2 rings (SSSR count). The first-order chi connectivity index (χ1) is 9.45. The Labute approximate surface area is 123 Å². The number of hydrogen-bond donors (Lipinski definition) is 1. The predicted molar refractivity (Wildman–Crippen MR) is 81.7 cm³/mol. The van der Waals surface area contributed by atoms with Crippen LogP contribution in [0.1, 0.15) is 40.0 Å². The van der Waals surface area contributed by atoms with Crippen molar-refractivity contribution in [1.82, 2.24) is 5.32 Å². The summed E-state index contributed by atoms with van der Waals surface area (Å²) in [5, 5.41) is 3.68. The molecule has 4 heteroatoms. The second-order valence-electron chi connectivity index (χ2n) is 6.25. The van der Waals surface area contributed by atoms with Gasteiger partial charge >= 0.3 is 0 Å². The van der Waals surface area contributed by atoms with Gasteiger partial charge in [-0.3, -0.25) is 4.21 Å². The molecule has 3 unspecified atom stereocenters. The van der Waals surface area contributed by atoms with Crippen molar-refractivity contribution in [2.24, 2.45) is 5.41 Å². The first-order valence-corrected chi connectivity index (χ1v) is 8.56. The third kappa shape index (κ3) is 3.29. The van der Waals surface area contributed by atoms with E-state index < -0.39 is 10.8 Å². The third-order valence-corrected chi connectivity index (χ3v) is 6.02. The Morgan fingerprint density at radius 1 is 1.35 bits per heavy atom. The van der Waals surface area contributed by atoms with Crippen molar-refractivity contribution in [3.05, 3.63) is 30.1 Å². The molecular weight excluding hydrogens is 273 g/mol. The van der Waals surface area contributed by atoms with Crippen molar-refractivity contribution in [3.8, 4) is 0 Å². The highest BCUT2D eigenvalue weighted by Crippen LogP contribution is 2.41. The number of rotatable bonds is 5. The largest absolute Gasteiger partial charge is 0.312 e. The second kappa shape index (κ2) is 6.35. The summed E-state index contributed by atoms with van der Waals surface area (Å²) in [5.41, 5.74) is 0.162. The van der Waals surface area contributed by atoms with E-state index >= 15 is 0 Å². The molecule has 112 valence electrons. The Bertz CT molecular complexity index is 472. The van der Waals surface area contributed by atoms with Gasteiger partial charge in [0.05, 0.1) is 16.0 Å². The molecule has 0 saturated heterocycles. The minimum atomic E-state index is -1.08. The normalized spacial score (nSPS) is 26.6. The molecule has 0 heterocycles. The zero-order valence-electron chi connectivity index (χ0n) is 12.5. The van der Waals surface area contributed by atoms with Crippen LogP contribution in [-0.4, -0.2) is 22.0 Å². The minimum Gasteiger partial charge on any atom is -0.312 e. The van der Waals surface area contributed by atoms with Gasteiger partial charge in [0.15, 0.2) is 0 Å².